The maximum atomic E-state index is 13.0. The number of hydrogen-bond acceptors (Lipinski definition) is 6. The van der Waals surface area contributed by atoms with Crippen LogP contribution in [-0.2, 0) is 19.2 Å². The SMILES string of the molecule is O=C(CSc1ccc(Br)cc1)N[C@@H]1C(=O)N2C(C(=O)O)=C(/C=C3\CCN(c4ccccc4)C3=O)CS[C@H]12.[NaH]. The Balaban J connectivity index is 0.00000336. The second kappa shape index (κ2) is 12.4. The Morgan fingerprint density at radius 3 is 2.53 bits per heavy atom. The van der Waals surface area contributed by atoms with Gasteiger partial charge >= 0.3 is 35.5 Å². The van der Waals surface area contributed by atoms with E-state index in [1.807, 2.05) is 54.6 Å². The molecule has 2 atom stereocenters. The Morgan fingerprint density at radius 2 is 1.84 bits per heavy atom. The molecule has 0 bridgehead atoms. The van der Waals surface area contributed by atoms with Crippen LogP contribution in [0.5, 0.6) is 0 Å². The number of nitrogens with zero attached hydrogens (tertiary/aromatic N) is 2. The number of rotatable bonds is 7. The van der Waals surface area contributed by atoms with Crippen LogP contribution in [0.3, 0.4) is 0 Å². The first kappa shape index (κ1) is 29.0. The van der Waals surface area contributed by atoms with E-state index >= 15 is 0 Å². The van der Waals surface area contributed by atoms with Gasteiger partial charge in [0.05, 0.1) is 5.75 Å². The molecule has 2 fully saturated rings. The minimum absolute atomic E-state index is 0. The molecule has 0 aromatic heterocycles. The molecule has 3 heterocycles. The second-order valence-corrected chi connectivity index (χ2v) is 11.7. The molecule has 2 N–H and O–H groups in total. The van der Waals surface area contributed by atoms with Gasteiger partial charge in [-0.1, -0.05) is 34.1 Å². The van der Waals surface area contributed by atoms with Crippen LogP contribution < -0.4 is 10.2 Å². The molecule has 8 nitrogen and oxygen atoms in total. The van der Waals surface area contributed by atoms with Crippen molar-refractivity contribution in [1.82, 2.24) is 10.2 Å². The molecule has 38 heavy (non-hydrogen) atoms. The Hall–Kier alpha value is -2.02. The number of carboxylic acids is 1. The number of carbonyl (C=O) groups excluding carboxylic acids is 3. The molecule has 12 heteroatoms. The topological polar surface area (TPSA) is 107 Å². The van der Waals surface area contributed by atoms with E-state index in [2.05, 4.69) is 21.2 Å². The zero-order valence-corrected chi connectivity index (χ0v) is 22.6. The van der Waals surface area contributed by atoms with E-state index in [9.17, 15) is 24.3 Å². The van der Waals surface area contributed by atoms with Crippen molar-refractivity contribution in [2.75, 3.05) is 23.0 Å². The van der Waals surface area contributed by atoms with Gasteiger partial charge in [0.15, 0.2) is 0 Å². The van der Waals surface area contributed by atoms with Crippen LogP contribution in [0, 0.1) is 0 Å². The van der Waals surface area contributed by atoms with Crippen LogP contribution in [0.2, 0.25) is 0 Å². The third kappa shape index (κ3) is 5.93. The first-order valence-electron chi connectivity index (χ1n) is 11.5. The van der Waals surface area contributed by atoms with Crippen LogP contribution in [0.25, 0.3) is 0 Å². The van der Waals surface area contributed by atoms with Crippen LogP contribution in [0.4, 0.5) is 5.69 Å². The number of aliphatic carboxylic acids is 1. The summed E-state index contributed by atoms with van der Waals surface area (Å²) in [6, 6.07) is 16.1. The predicted molar refractivity (Wildman–Crippen MR) is 153 cm³/mol. The van der Waals surface area contributed by atoms with Gasteiger partial charge in [-0.3, -0.25) is 19.3 Å². The number of allylic oxidation sites excluding steroid dienone is 1. The van der Waals surface area contributed by atoms with Crippen LogP contribution >= 0.6 is 39.5 Å². The van der Waals surface area contributed by atoms with E-state index in [1.54, 1.807) is 11.0 Å². The number of carbonyl (C=O) groups is 4. The van der Waals surface area contributed by atoms with E-state index in [4.69, 9.17) is 0 Å². The number of benzene rings is 2. The number of thioether (sulfide) groups is 2. The van der Waals surface area contributed by atoms with Gasteiger partial charge in [-0.05, 0) is 54.5 Å². The van der Waals surface area contributed by atoms with Crippen molar-refractivity contribution in [3.05, 3.63) is 82.0 Å². The molecule has 3 aliphatic heterocycles. The molecule has 5 rings (SSSR count). The fourth-order valence-electron chi connectivity index (χ4n) is 4.46. The van der Waals surface area contributed by atoms with Gasteiger partial charge in [0.1, 0.15) is 17.1 Å². The Bertz CT molecular complexity index is 1340. The average Bonchev–Trinajstić information content (AvgIpc) is 3.26. The number of amides is 3. The van der Waals surface area contributed by atoms with Crippen LogP contribution in [0.15, 0.2) is 86.9 Å². The third-order valence-electron chi connectivity index (χ3n) is 6.24. The molecule has 2 saturated heterocycles. The van der Waals surface area contributed by atoms with Gasteiger partial charge in [0.2, 0.25) is 5.91 Å². The van der Waals surface area contributed by atoms with E-state index in [-0.39, 0.29) is 52.8 Å². The summed E-state index contributed by atoms with van der Waals surface area (Å²) in [5.41, 5.74) is 1.61. The number of para-hydroxylation sites is 1. The van der Waals surface area contributed by atoms with Gasteiger partial charge in [-0.25, -0.2) is 4.79 Å². The third-order valence-corrected chi connectivity index (χ3v) is 9.08. The van der Waals surface area contributed by atoms with Gasteiger partial charge in [0.25, 0.3) is 11.8 Å². The van der Waals surface area contributed by atoms with E-state index in [0.717, 1.165) is 15.1 Å². The fourth-order valence-corrected chi connectivity index (χ4v) is 6.74. The molecule has 3 amide bonds. The van der Waals surface area contributed by atoms with Crippen molar-refractivity contribution >= 4 is 98.4 Å². The predicted octanol–water partition coefficient (Wildman–Crippen LogP) is 2.99. The van der Waals surface area contributed by atoms with Crippen molar-refractivity contribution in [3.63, 3.8) is 0 Å². The van der Waals surface area contributed by atoms with Crippen molar-refractivity contribution in [2.24, 2.45) is 0 Å². The monoisotopic (exact) mass is 623 g/mol. The minimum atomic E-state index is -1.23. The van der Waals surface area contributed by atoms with Gasteiger partial charge in [-0.15, -0.1) is 23.5 Å². The number of β-lactam (4-membered cyclic amide) rings is 1. The Morgan fingerprint density at radius 1 is 1.13 bits per heavy atom. The molecule has 0 spiro atoms. The summed E-state index contributed by atoms with van der Waals surface area (Å²) in [7, 11) is 0. The second-order valence-electron chi connectivity index (χ2n) is 8.59. The summed E-state index contributed by atoms with van der Waals surface area (Å²) in [6.45, 7) is 0.509. The average molecular weight is 625 g/mol. The van der Waals surface area contributed by atoms with E-state index in [0.29, 0.717) is 29.9 Å². The van der Waals surface area contributed by atoms with Gasteiger partial charge in [-0.2, -0.15) is 0 Å². The molecular formula is C26H23BrN3NaO5S2. The molecule has 2 aromatic rings. The summed E-state index contributed by atoms with van der Waals surface area (Å²) in [5, 5.41) is 12.2. The number of anilines is 1. The summed E-state index contributed by atoms with van der Waals surface area (Å²) < 4.78 is 0.943. The normalized spacial score (nSPS) is 21.7. The zero-order chi connectivity index (χ0) is 26.1. The summed E-state index contributed by atoms with van der Waals surface area (Å²) in [4.78, 5) is 54.4. The quantitative estimate of drug-likeness (QED) is 0.211. The molecule has 3 aliphatic rings. The van der Waals surface area contributed by atoms with Crippen molar-refractivity contribution < 1.29 is 24.3 Å². The van der Waals surface area contributed by atoms with Crippen molar-refractivity contribution in [3.8, 4) is 0 Å². The maximum absolute atomic E-state index is 13.0. The number of carboxylic acid groups (broad SMARTS) is 1. The Labute approximate surface area is 258 Å². The molecule has 192 valence electrons. The number of nitrogens with one attached hydrogen (secondary N) is 1. The first-order chi connectivity index (χ1) is 17.8. The van der Waals surface area contributed by atoms with Crippen molar-refractivity contribution in [1.29, 1.82) is 0 Å². The van der Waals surface area contributed by atoms with Crippen LogP contribution in [0.1, 0.15) is 6.42 Å². The molecule has 2 aromatic carbocycles. The van der Waals surface area contributed by atoms with Gasteiger partial charge < -0.3 is 15.3 Å². The first-order valence-corrected chi connectivity index (χ1v) is 14.3. The Kier molecular flexibility index (Phi) is 9.49. The number of hydrogen-bond donors (Lipinski definition) is 2. The molecule has 0 radical (unpaired) electrons. The molecule has 0 aliphatic carbocycles. The van der Waals surface area contributed by atoms with Crippen molar-refractivity contribution in [2.45, 2.75) is 22.7 Å². The molecular weight excluding hydrogens is 601 g/mol. The fraction of sp³-hybridized carbons (Fsp3) is 0.231. The summed E-state index contributed by atoms with van der Waals surface area (Å²) in [5.74, 6) is -1.70. The summed E-state index contributed by atoms with van der Waals surface area (Å²) >= 11 is 6.11. The zero-order valence-electron chi connectivity index (χ0n) is 19.4. The van der Waals surface area contributed by atoms with Gasteiger partial charge in [0, 0.05) is 32.9 Å². The van der Waals surface area contributed by atoms with E-state index < -0.39 is 23.3 Å². The van der Waals surface area contributed by atoms with Crippen LogP contribution in [-0.4, -0.2) is 92.7 Å². The molecule has 0 saturated carbocycles. The number of halogens is 1. The standard InChI is InChI=1S/C26H22BrN3O5S2.Na.H/c27-17-6-8-19(9-7-17)36-14-20(31)28-21-24(33)30-22(26(34)35)16(13-37-25(21)30)12-15-10-11-29(23(15)32)18-4-2-1-3-5-18;;/h1-9,12,21,25H,10-11,13-14H2,(H,28,31)(H,34,35);;/b15-12+;;/t21-,25-;;/m1../s1. The van der Waals surface area contributed by atoms with E-state index in [1.165, 1.54) is 28.4 Å². The summed E-state index contributed by atoms with van der Waals surface area (Å²) in [6.07, 6.45) is 2.10. The number of fused-ring (bicyclic) bond motifs is 1. The molecule has 0 unspecified atom stereocenters.